The van der Waals surface area contributed by atoms with Gasteiger partial charge in [0.25, 0.3) is 5.91 Å². The van der Waals surface area contributed by atoms with Gasteiger partial charge >= 0.3 is 0 Å². The van der Waals surface area contributed by atoms with E-state index in [4.69, 9.17) is 9.72 Å². The van der Waals surface area contributed by atoms with Crippen LogP contribution in [0.3, 0.4) is 0 Å². The molecule has 0 bridgehead atoms. The molecule has 0 radical (unpaired) electrons. The minimum Gasteiger partial charge on any atom is -0.492 e. The molecule has 1 N–H and O–H groups in total. The Labute approximate surface area is 153 Å². The van der Waals surface area contributed by atoms with Crippen LogP contribution in [-0.4, -0.2) is 24.0 Å². The fraction of sp³-hybridized carbons (Fsp3) is 0.273. The van der Waals surface area contributed by atoms with Crippen LogP contribution in [0.25, 0.3) is 10.9 Å². The predicted molar refractivity (Wildman–Crippen MR) is 103 cm³/mol. The number of hydrogen-bond donors (Lipinski definition) is 1. The van der Waals surface area contributed by atoms with Crippen molar-refractivity contribution in [2.75, 3.05) is 13.2 Å². The van der Waals surface area contributed by atoms with Gasteiger partial charge in [-0.2, -0.15) is 0 Å². The summed E-state index contributed by atoms with van der Waals surface area (Å²) >= 11 is 0. The maximum Gasteiger partial charge on any atom is 0.252 e. The van der Waals surface area contributed by atoms with Gasteiger partial charge in [0.2, 0.25) is 0 Å². The van der Waals surface area contributed by atoms with E-state index in [0.29, 0.717) is 13.2 Å². The van der Waals surface area contributed by atoms with Crippen LogP contribution in [0.5, 0.6) is 5.75 Å². The monoisotopic (exact) mass is 346 g/mol. The number of para-hydroxylation sites is 1. The summed E-state index contributed by atoms with van der Waals surface area (Å²) in [6.45, 7) is 2.96. The number of amides is 1. The average molecular weight is 346 g/mol. The molecule has 0 unspecified atom stereocenters. The standard InChI is InChI=1S/C22H22N2O2/c1-15-9-11-16(12-10-15)26-14-13-23-22(25)21-17-5-2-3-7-19(17)24-20-8-4-6-18(20)21/h2-3,5,7,9-12H,4,6,8,13-14H2,1H3,(H,23,25). The van der Waals surface area contributed by atoms with Crippen molar-refractivity contribution in [1.82, 2.24) is 10.3 Å². The van der Waals surface area contributed by atoms with E-state index in [0.717, 1.165) is 52.7 Å². The van der Waals surface area contributed by atoms with Crippen LogP contribution in [0.4, 0.5) is 0 Å². The van der Waals surface area contributed by atoms with E-state index < -0.39 is 0 Å². The minimum absolute atomic E-state index is 0.0331. The number of fused-ring (bicyclic) bond motifs is 2. The Morgan fingerprint density at radius 2 is 1.92 bits per heavy atom. The summed E-state index contributed by atoms with van der Waals surface area (Å²) in [5.41, 5.74) is 5.07. The van der Waals surface area contributed by atoms with Crippen LogP contribution in [0.1, 0.15) is 33.6 Å². The summed E-state index contributed by atoms with van der Waals surface area (Å²) in [6, 6.07) is 15.8. The Bertz CT molecular complexity index is 948. The zero-order valence-electron chi connectivity index (χ0n) is 14.9. The van der Waals surface area contributed by atoms with Gasteiger partial charge in [0.15, 0.2) is 0 Å². The molecule has 0 aliphatic heterocycles. The number of nitrogens with one attached hydrogen (secondary N) is 1. The second-order valence-electron chi connectivity index (χ2n) is 6.70. The minimum atomic E-state index is -0.0331. The number of carbonyl (C=O) groups excluding carboxylic acids is 1. The smallest absolute Gasteiger partial charge is 0.252 e. The van der Waals surface area contributed by atoms with Gasteiger partial charge in [-0.25, -0.2) is 0 Å². The highest BCUT2D eigenvalue weighted by Gasteiger charge is 2.23. The molecule has 4 rings (SSSR count). The molecule has 26 heavy (non-hydrogen) atoms. The SMILES string of the molecule is Cc1ccc(OCCNC(=O)c2c3c(nc4ccccc24)CCC3)cc1. The maximum absolute atomic E-state index is 12.9. The Morgan fingerprint density at radius 3 is 2.77 bits per heavy atom. The first-order chi connectivity index (χ1) is 12.7. The van der Waals surface area contributed by atoms with Crippen LogP contribution in [0, 0.1) is 6.92 Å². The number of hydrogen-bond acceptors (Lipinski definition) is 3. The van der Waals surface area contributed by atoms with Crippen molar-refractivity contribution >= 4 is 16.8 Å². The van der Waals surface area contributed by atoms with Gasteiger partial charge in [-0.1, -0.05) is 35.9 Å². The maximum atomic E-state index is 12.9. The summed E-state index contributed by atoms with van der Waals surface area (Å²) in [5, 5.41) is 3.95. The lowest BCUT2D eigenvalue weighted by molar-refractivity contribution is 0.0947. The second kappa shape index (κ2) is 7.16. The molecule has 3 aromatic rings. The van der Waals surface area contributed by atoms with Crippen LogP contribution >= 0.6 is 0 Å². The van der Waals surface area contributed by atoms with Crippen molar-refractivity contribution in [1.29, 1.82) is 0 Å². The van der Waals surface area contributed by atoms with E-state index in [-0.39, 0.29) is 5.91 Å². The molecule has 0 saturated carbocycles. The molecule has 4 heteroatoms. The molecule has 1 amide bonds. The third-order valence-electron chi connectivity index (χ3n) is 4.82. The van der Waals surface area contributed by atoms with Gasteiger partial charge in [-0.3, -0.25) is 9.78 Å². The molecule has 4 nitrogen and oxygen atoms in total. The van der Waals surface area contributed by atoms with Crippen molar-refractivity contribution in [3.63, 3.8) is 0 Å². The number of benzene rings is 2. The number of pyridine rings is 1. The topological polar surface area (TPSA) is 51.2 Å². The number of ether oxygens (including phenoxy) is 1. The second-order valence-corrected chi connectivity index (χ2v) is 6.70. The average Bonchev–Trinajstić information content (AvgIpc) is 3.12. The summed E-state index contributed by atoms with van der Waals surface area (Å²) in [7, 11) is 0. The van der Waals surface area contributed by atoms with Gasteiger partial charge in [0, 0.05) is 11.1 Å². The lowest BCUT2D eigenvalue weighted by Crippen LogP contribution is -2.29. The molecule has 2 aromatic carbocycles. The molecular weight excluding hydrogens is 324 g/mol. The number of nitrogens with zero attached hydrogens (tertiary/aromatic N) is 1. The molecule has 1 aromatic heterocycles. The fourth-order valence-corrected chi connectivity index (χ4v) is 3.53. The van der Waals surface area contributed by atoms with Crippen molar-refractivity contribution in [2.24, 2.45) is 0 Å². The number of carbonyl (C=O) groups is 1. The van der Waals surface area contributed by atoms with E-state index >= 15 is 0 Å². The normalized spacial score (nSPS) is 12.8. The number of aromatic nitrogens is 1. The predicted octanol–water partition coefficient (Wildman–Crippen LogP) is 3.84. The summed E-state index contributed by atoms with van der Waals surface area (Å²) in [6.07, 6.45) is 2.95. The van der Waals surface area contributed by atoms with Gasteiger partial charge in [-0.15, -0.1) is 0 Å². The van der Waals surface area contributed by atoms with E-state index in [1.165, 1.54) is 5.56 Å². The third-order valence-corrected chi connectivity index (χ3v) is 4.82. The first-order valence-corrected chi connectivity index (χ1v) is 9.10. The first-order valence-electron chi connectivity index (χ1n) is 9.10. The third kappa shape index (κ3) is 3.27. The van der Waals surface area contributed by atoms with Crippen LogP contribution in [-0.2, 0) is 12.8 Å². The lowest BCUT2D eigenvalue weighted by atomic mass is 10.0. The van der Waals surface area contributed by atoms with Crippen LogP contribution < -0.4 is 10.1 Å². The van der Waals surface area contributed by atoms with Gasteiger partial charge in [-0.05, 0) is 49.9 Å². The molecule has 0 fully saturated rings. The number of aryl methyl sites for hydroxylation is 2. The molecule has 0 spiro atoms. The van der Waals surface area contributed by atoms with Gasteiger partial charge in [0.1, 0.15) is 12.4 Å². The summed E-state index contributed by atoms with van der Waals surface area (Å²) in [4.78, 5) is 17.6. The number of rotatable bonds is 5. The Balaban J connectivity index is 1.47. The first kappa shape index (κ1) is 16.6. The quantitative estimate of drug-likeness (QED) is 0.714. The van der Waals surface area contributed by atoms with Crippen LogP contribution in [0.2, 0.25) is 0 Å². The van der Waals surface area contributed by atoms with Crippen molar-refractivity contribution in [3.8, 4) is 5.75 Å². The summed E-state index contributed by atoms with van der Waals surface area (Å²) < 4.78 is 5.70. The van der Waals surface area contributed by atoms with Gasteiger partial charge < -0.3 is 10.1 Å². The van der Waals surface area contributed by atoms with Crippen molar-refractivity contribution < 1.29 is 9.53 Å². The molecular formula is C22H22N2O2. The Kier molecular flexibility index (Phi) is 4.57. The van der Waals surface area contributed by atoms with E-state index in [2.05, 4.69) is 5.32 Å². The largest absolute Gasteiger partial charge is 0.492 e. The lowest BCUT2D eigenvalue weighted by Gasteiger charge is -2.13. The fourth-order valence-electron chi connectivity index (χ4n) is 3.53. The zero-order valence-corrected chi connectivity index (χ0v) is 14.9. The Morgan fingerprint density at radius 1 is 1.12 bits per heavy atom. The van der Waals surface area contributed by atoms with Gasteiger partial charge in [0.05, 0.1) is 17.6 Å². The van der Waals surface area contributed by atoms with Crippen molar-refractivity contribution in [3.05, 3.63) is 70.9 Å². The van der Waals surface area contributed by atoms with E-state index in [9.17, 15) is 4.79 Å². The highest BCUT2D eigenvalue weighted by atomic mass is 16.5. The molecule has 1 aliphatic carbocycles. The van der Waals surface area contributed by atoms with E-state index in [1.807, 2.05) is 55.5 Å². The molecule has 132 valence electrons. The molecule has 0 atom stereocenters. The zero-order chi connectivity index (χ0) is 17.9. The van der Waals surface area contributed by atoms with Crippen LogP contribution in [0.15, 0.2) is 48.5 Å². The van der Waals surface area contributed by atoms with E-state index in [1.54, 1.807) is 0 Å². The molecule has 1 heterocycles. The summed E-state index contributed by atoms with van der Waals surface area (Å²) in [5.74, 6) is 0.786. The molecule has 0 saturated heterocycles. The molecule has 1 aliphatic rings. The highest BCUT2D eigenvalue weighted by molar-refractivity contribution is 6.07. The highest BCUT2D eigenvalue weighted by Crippen LogP contribution is 2.29. The van der Waals surface area contributed by atoms with Crippen molar-refractivity contribution in [2.45, 2.75) is 26.2 Å². The Hall–Kier alpha value is -2.88.